The Labute approximate surface area is 111 Å². The number of thioether (sulfide) groups is 1. The molecule has 2 N–H and O–H groups in total. The van der Waals surface area contributed by atoms with Crippen molar-refractivity contribution in [1.29, 1.82) is 0 Å². The summed E-state index contributed by atoms with van der Waals surface area (Å²) in [6, 6.07) is -0.592. The van der Waals surface area contributed by atoms with Crippen LogP contribution in [0.3, 0.4) is 0 Å². The Morgan fingerprint density at radius 3 is 2.67 bits per heavy atom. The maximum absolute atomic E-state index is 12.0. The van der Waals surface area contributed by atoms with Gasteiger partial charge in [-0.15, -0.1) is 11.8 Å². The van der Waals surface area contributed by atoms with E-state index >= 15 is 0 Å². The van der Waals surface area contributed by atoms with Crippen molar-refractivity contribution in [2.24, 2.45) is 0 Å². The Hall–Kier alpha value is -0.750. The Balaban J connectivity index is 1.78. The van der Waals surface area contributed by atoms with E-state index in [0.29, 0.717) is 24.0 Å². The average molecular weight is 272 g/mol. The molecule has 1 atom stereocenters. The summed E-state index contributed by atoms with van der Waals surface area (Å²) in [7, 11) is 0. The van der Waals surface area contributed by atoms with Crippen LogP contribution in [0.15, 0.2) is 0 Å². The Morgan fingerprint density at radius 1 is 1.28 bits per heavy atom. The van der Waals surface area contributed by atoms with Gasteiger partial charge in [-0.2, -0.15) is 0 Å². The van der Waals surface area contributed by atoms with Gasteiger partial charge in [-0.1, -0.05) is 0 Å². The van der Waals surface area contributed by atoms with Crippen molar-refractivity contribution in [3.8, 4) is 0 Å². The lowest BCUT2D eigenvalue weighted by atomic mass is 10.2. The molecule has 1 amide bonds. The van der Waals surface area contributed by atoms with E-state index in [2.05, 4.69) is 5.32 Å². The number of carbonyl (C=O) groups excluding carboxylic acids is 1. The zero-order chi connectivity index (χ0) is 13.0. The summed E-state index contributed by atoms with van der Waals surface area (Å²) >= 11 is 1.68. The van der Waals surface area contributed by atoms with Crippen molar-refractivity contribution in [2.45, 2.75) is 37.0 Å². The molecule has 5 nitrogen and oxygen atoms in total. The Morgan fingerprint density at radius 2 is 2.00 bits per heavy atom. The number of carboxylic acids is 1. The Bertz CT molecular complexity index is 318. The molecule has 2 rings (SSSR count). The van der Waals surface area contributed by atoms with Gasteiger partial charge in [0.1, 0.15) is 6.04 Å². The van der Waals surface area contributed by atoms with Crippen molar-refractivity contribution in [3.63, 3.8) is 0 Å². The molecule has 0 spiro atoms. The summed E-state index contributed by atoms with van der Waals surface area (Å²) in [5.41, 5.74) is 0. The van der Waals surface area contributed by atoms with Crippen molar-refractivity contribution < 1.29 is 14.7 Å². The Kier molecular flexibility index (Phi) is 4.88. The summed E-state index contributed by atoms with van der Waals surface area (Å²) in [4.78, 5) is 24.6. The third-order valence-electron chi connectivity index (χ3n) is 3.59. The molecular formula is C12H20N2O3S. The SMILES string of the molecule is O=C(O)[C@@H]1CCCN1C(=O)CSC1CCNCC1. The van der Waals surface area contributed by atoms with Crippen LogP contribution in [0.4, 0.5) is 0 Å². The lowest BCUT2D eigenvalue weighted by molar-refractivity contribution is -0.147. The maximum Gasteiger partial charge on any atom is 0.326 e. The third-order valence-corrected chi connectivity index (χ3v) is 4.94. The van der Waals surface area contributed by atoms with Gasteiger partial charge < -0.3 is 15.3 Å². The summed E-state index contributed by atoms with van der Waals surface area (Å²) in [5, 5.41) is 12.9. The molecule has 102 valence electrons. The van der Waals surface area contributed by atoms with Gasteiger partial charge in [-0.25, -0.2) is 4.79 Å². The highest BCUT2D eigenvalue weighted by atomic mass is 32.2. The predicted octanol–water partition coefficient (Wildman–Crippen LogP) is 0.547. The zero-order valence-electron chi connectivity index (χ0n) is 10.4. The number of hydrogen-bond acceptors (Lipinski definition) is 4. The van der Waals surface area contributed by atoms with Crippen LogP contribution in [0.2, 0.25) is 0 Å². The number of nitrogens with one attached hydrogen (secondary N) is 1. The van der Waals surface area contributed by atoms with Crippen molar-refractivity contribution >= 4 is 23.6 Å². The average Bonchev–Trinajstić information content (AvgIpc) is 2.86. The van der Waals surface area contributed by atoms with E-state index in [9.17, 15) is 9.59 Å². The van der Waals surface area contributed by atoms with E-state index in [4.69, 9.17) is 5.11 Å². The van der Waals surface area contributed by atoms with Gasteiger partial charge in [-0.3, -0.25) is 4.79 Å². The lowest BCUT2D eigenvalue weighted by Crippen LogP contribution is -2.41. The van der Waals surface area contributed by atoms with Gasteiger partial charge in [0.05, 0.1) is 5.75 Å². The maximum atomic E-state index is 12.0. The van der Waals surface area contributed by atoms with Crippen LogP contribution in [0.5, 0.6) is 0 Å². The van der Waals surface area contributed by atoms with Crippen LogP contribution in [0, 0.1) is 0 Å². The minimum atomic E-state index is -0.868. The fourth-order valence-corrected chi connectivity index (χ4v) is 3.67. The van der Waals surface area contributed by atoms with E-state index < -0.39 is 12.0 Å². The second-order valence-corrected chi connectivity index (χ2v) is 6.13. The third kappa shape index (κ3) is 3.38. The summed E-state index contributed by atoms with van der Waals surface area (Å²) < 4.78 is 0. The van der Waals surface area contributed by atoms with Crippen LogP contribution in [0.1, 0.15) is 25.7 Å². The molecule has 18 heavy (non-hydrogen) atoms. The largest absolute Gasteiger partial charge is 0.480 e. The highest BCUT2D eigenvalue weighted by Gasteiger charge is 2.33. The standard InChI is InChI=1S/C12H20N2O3S/c15-11(8-18-9-3-5-13-6-4-9)14-7-1-2-10(14)12(16)17/h9-10,13H,1-8H2,(H,16,17)/t10-/m0/s1. The number of likely N-dealkylation sites (tertiary alicyclic amines) is 1. The van der Waals surface area contributed by atoms with Gasteiger partial charge in [0.15, 0.2) is 0 Å². The summed E-state index contributed by atoms with van der Waals surface area (Å²) in [5.74, 6) is -0.454. The summed E-state index contributed by atoms with van der Waals surface area (Å²) in [6.07, 6.45) is 3.60. The van der Waals surface area contributed by atoms with E-state index in [-0.39, 0.29) is 5.91 Å². The number of carboxylic acid groups (broad SMARTS) is 1. The molecular weight excluding hydrogens is 252 g/mol. The first-order chi connectivity index (χ1) is 8.68. The van der Waals surface area contributed by atoms with Gasteiger partial charge in [0.25, 0.3) is 0 Å². The van der Waals surface area contributed by atoms with Gasteiger partial charge in [0.2, 0.25) is 5.91 Å². The fourth-order valence-electron chi connectivity index (χ4n) is 2.56. The van der Waals surface area contributed by atoms with Gasteiger partial charge >= 0.3 is 5.97 Å². The number of hydrogen-bond donors (Lipinski definition) is 2. The van der Waals surface area contributed by atoms with Crippen molar-refractivity contribution in [3.05, 3.63) is 0 Å². The number of nitrogens with zero attached hydrogens (tertiary/aromatic N) is 1. The summed E-state index contributed by atoms with van der Waals surface area (Å²) in [6.45, 7) is 2.64. The number of piperidine rings is 1. The molecule has 2 saturated heterocycles. The first-order valence-corrected chi connectivity index (χ1v) is 7.58. The predicted molar refractivity (Wildman–Crippen MR) is 70.7 cm³/mol. The molecule has 6 heteroatoms. The highest BCUT2D eigenvalue weighted by Crippen LogP contribution is 2.23. The number of rotatable bonds is 4. The van der Waals surface area contributed by atoms with E-state index in [1.807, 2.05) is 0 Å². The van der Waals surface area contributed by atoms with Crippen molar-refractivity contribution in [1.82, 2.24) is 10.2 Å². The van der Waals surface area contributed by atoms with E-state index in [0.717, 1.165) is 32.4 Å². The first-order valence-electron chi connectivity index (χ1n) is 6.53. The fraction of sp³-hybridized carbons (Fsp3) is 0.833. The molecule has 0 aromatic heterocycles. The minimum Gasteiger partial charge on any atom is -0.480 e. The molecule has 0 unspecified atom stereocenters. The lowest BCUT2D eigenvalue weighted by Gasteiger charge is -2.25. The zero-order valence-corrected chi connectivity index (χ0v) is 11.2. The minimum absolute atomic E-state index is 0.0107. The molecule has 0 radical (unpaired) electrons. The molecule has 0 bridgehead atoms. The highest BCUT2D eigenvalue weighted by molar-refractivity contribution is 8.00. The van der Waals surface area contributed by atoms with Crippen LogP contribution in [-0.2, 0) is 9.59 Å². The monoisotopic (exact) mass is 272 g/mol. The smallest absolute Gasteiger partial charge is 0.326 e. The van der Waals surface area contributed by atoms with Crippen molar-refractivity contribution in [2.75, 3.05) is 25.4 Å². The van der Waals surface area contributed by atoms with E-state index in [1.54, 1.807) is 11.8 Å². The topological polar surface area (TPSA) is 69.6 Å². The van der Waals surface area contributed by atoms with Gasteiger partial charge in [-0.05, 0) is 38.8 Å². The second-order valence-electron chi connectivity index (χ2n) is 4.84. The van der Waals surface area contributed by atoms with E-state index in [1.165, 1.54) is 4.90 Å². The number of amides is 1. The quantitative estimate of drug-likeness (QED) is 0.782. The number of aliphatic carboxylic acids is 1. The van der Waals surface area contributed by atoms with Crippen LogP contribution in [-0.4, -0.2) is 58.6 Å². The normalized spacial score (nSPS) is 25.3. The molecule has 2 aliphatic rings. The first kappa shape index (κ1) is 13.7. The van der Waals surface area contributed by atoms with Crippen LogP contribution in [0.25, 0.3) is 0 Å². The van der Waals surface area contributed by atoms with Crippen LogP contribution >= 0.6 is 11.8 Å². The van der Waals surface area contributed by atoms with Crippen LogP contribution < -0.4 is 5.32 Å². The molecule has 2 aliphatic heterocycles. The molecule has 0 saturated carbocycles. The molecule has 2 heterocycles. The molecule has 2 fully saturated rings. The molecule has 0 aromatic carbocycles. The second kappa shape index (κ2) is 6.43. The molecule has 0 aliphatic carbocycles. The number of carbonyl (C=O) groups is 2. The molecule has 0 aromatic rings. The van der Waals surface area contributed by atoms with Gasteiger partial charge in [0, 0.05) is 11.8 Å².